The van der Waals surface area contributed by atoms with Gasteiger partial charge in [-0.1, -0.05) is 13.8 Å². The highest BCUT2D eigenvalue weighted by atomic mass is 32.2. The topological polar surface area (TPSA) is 95.1 Å². The first-order valence-corrected chi connectivity index (χ1v) is 9.80. The largest absolute Gasteiger partial charge is 0.378 e. The Morgan fingerprint density at radius 1 is 0.739 bits per heavy atom. The lowest BCUT2D eigenvalue weighted by atomic mass is 10.4. The minimum atomic E-state index is -3.14. The first kappa shape index (κ1) is 22.7. The van der Waals surface area contributed by atoms with Gasteiger partial charge in [0.05, 0.1) is 59.1 Å². The zero-order valence-corrected chi connectivity index (χ0v) is 15.3. The van der Waals surface area contributed by atoms with E-state index in [9.17, 15) is 8.42 Å². The van der Waals surface area contributed by atoms with Gasteiger partial charge < -0.3 is 24.3 Å². The maximum absolute atomic E-state index is 10.8. The molecule has 9 heteroatoms. The average Bonchev–Trinajstić information content (AvgIpc) is 2.45. The molecule has 23 heavy (non-hydrogen) atoms. The van der Waals surface area contributed by atoms with Crippen LogP contribution in [0, 0.1) is 0 Å². The van der Waals surface area contributed by atoms with Crippen LogP contribution in [0.4, 0.5) is 0 Å². The second-order valence-electron chi connectivity index (χ2n) is 5.22. The summed E-state index contributed by atoms with van der Waals surface area (Å²) >= 11 is 0. The summed E-state index contributed by atoms with van der Waals surface area (Å²) < 4.78 is 45.2. The van der Waals surface area contributed by atoms with Gasteiger partial charge in [0, 0.05) is 19.1 Å². The Balaban J connectivity index is 3.05. The summed E-state index contributed by atoms with van der Waals surface area (Å²) in [5.74, 6) is 0. The van der Waals surface area contributed by atoms with Gasteiger partial charge in [0.25, 0.3) is 0 Å². The molecule has 0 aromatic carbocycles. The third-order valence-corrected chi connectivity index (χ3v) is 3.25. The van der Waals surface area contributed by atoms with Crippen LogP contribution in [-0.2, 0) is 29.0 Å². The van der Waals surface area contributed by atoms with Crippen LogP contribution in [0.2, 0.25) is 0 Å². The van der Waals surface area contributed by atoms with Crippen LogP contribution >= 0.6 is 0 Å². The average molecular weight is 356 g/mol. The van der Waals surface area contributed by atoms with Crippen LogP contribution in [-0.4, -0.2) is 86.7 Å². The third-order valence-electron chi connectivity index (χ3n) is 2.53. The molecule has 0 fully saturated rings. The summed E-state index contributed by atoms with van der Waals surface area (Å²) in [4.78, 5) is 0. The first-order valence-electron chi connectivity index (χ1n) is 7.91. The summed E-state index contributed by atoms with van der Waals surface area (Å²) in [6.45, 7) is 9.37. The van der Waals surface area contributed by atoms with Crippen molar-refractivity contribution < 1.29 is 27.4 Å². The molecule has 140 valence electrons. The lowest BCUT2D eigenvalue weighted by Gasteiger charge is -2.09. The molecule has 0 saturated heterocycles. The minimum absolute atomic E-state index is 0.272. The van der Waals surface area contributed by atoms with Crippen molar-refractivity contribution in [1.82, 2.24) is 10.0 Å². The molecular formula is C14H32N2O6S. The van der Waals surface area contributed by atoms with Crippen molar-refractivity contribution in [1.29, 1.82) is 0 Å². The fraction of sp³-hybridized carbons (Fsp3) is 1.00. The molecule has 8 nitrogen and oxygen atoms in total. The zero-order valence-electron chi connectivity index (χ0n) is 14.5. The minimum Gasteiger partial charge on any atom is -0.378 e. The van der Waals surface area contributed by atoms with Gasteiger partial charge in [0.1, 0.15) is 0 Å². The van der Waals surface area contributed by atoms with E-state index in [1.807, 2.05) is 0 Å². The lowest BCUT2D eigenvalue weighted by Crippen LogP contribution is -2.27. The number of hydrogen-bond acceptors (Lipinski definition) is 7. The molecule has 0 unspecified atom stereocenters. The highest BCUT2D eigenvalue weighted by Gasteiger charge is 1.98. The van der Waals surface area contributed by atoms with Gasteiger partial charge in [0.2, 0.25) is 10.0 Å². The molecule has 0 aliphatic carbocycles. The van der Waals surface area contributed by atoms with Crippen molar-refractivity contribution >= 4 is 10.0 Å². The zero-order chi connectivity index (χ0) is 17.4. The van der Waals surface area contributed by atoms with Crippen LogP contribution < -0.4 is 10.0 Å². The molecule has 0 bridgehead atoms. The summed E-state index contributed by atoms with van der Waals surface area (Å²) in [5.41, 5.74) is 0. The molecule has 0 aliphatic rings. The quantitative estimate of drug-likeness (QED) is 0.342. The van der Waals surface area contributed by atoms with Crippen molar-refractivity contribution in [3.63, 3.8) is 0 Å². The Bertz CT molecular complexity index is 351. The van der Waals surface area contributed by atoms with Gasteiger partial charge >= 0.3 is 0 Å². The Morgan fingerprint density at radius 2 is 1.13 bits per heavy atom. The van der Waals surface area contributed by atoms with Crippen LogP contribution in [0.15, 0.2) is 0 Å². The predicted octanol–water partition coefficient (Wildman–Crippen LogP) is -0.400. The van der Waals surface area contributed by atoms with Crippen LogP contribution in [0.1, 0.15) is 13.8 Å². The summed E-state index contributed by atoms with van der Waals surface area (Å²) in [7, 11) is -3.14. The van der Waals surface area contributed by atoms with Crippen molar-refractivity contribution in [3.8, 4) is 0 Å². The van der Waals surface area contributed by atoms with Crippen molar-refractivity contribution in [2.75, 3.05) is 72.2 Å². The van der Waals surface area contributed by atoms with E-state index in [-0.39, 0.29) is 6.54 Å². The predicted molar refractivity (Wildman–Crippen MR) is 89.3 cm³/mol. The summed E-state index contributed by atoms with van der Waals surface area (Å²) in [5, 5.41) is 3.26. The number of sulfonamides is 1. The maximum atomic E-state index is 10.8. The second kappa shape index (κ2) is 15.3. The molecule has 0 saturated carbocycles. The molecule has 0 aliphatic heterocycles. The van der Waals surface area contributed by atoms with E-state index >= 15 is 0 Å². The van der Waals surface area contributed by atoms with Crippen molar-refractivity contribution in [2.45, 2.75) is 19.9 Å². The standard InChI is InChI=1S/C14H32N2O6S/c1-14(2)15-4-6-19-8-10-21-12-13-22-11-9-20-7-5-16-23(3,17)18/h14-16H,4-13H2,1-3H3. The number of ether oxygens (including phenoxy) is 4. The molecule has 0 amide bonds. The Labute approximate surface area is 140 Å². The Morgan fingerprint density at radius 3 is 1.52 bits per heavy atom. The van der Waals surface area contributed by atoms with E-state index < -0.39 is 10.0 Å². The smallest absolute Gasteiger partial charge is 0.208 e. The molecule has 0 spiro atoms. The van der Waals surface area contributed by atoms with Gasteiger partial charge in [-0.3, -0.25) is 0 Å². The van der Waals surface area contributed by atoms with Crippen LogP contribution in [0.25, 0.3) is 0 Å². The summed E-state index contributed by atoms with van der Waals surface area (Å²) in [6, 6.07) is 0.479. The molecule has 0 heterocycles. The van der Waals surface area contributed by atoms with E-state index in [2.05, 4.69) is 23.9 Å². The SMILES string of the molecule is CC(C)NCCOCCOCCOCCOCCNS(C)(=O)=O. The van der Waals surface area contributed by atoms with Gasteiger partial charge in [-0.05, 0) is 0 Å². The molecule has 2 N–H and O–H groups in total. The van der Waals surface area contributed by atoms with Crippen LogP contribution in [0.3, 0.4) is 0 Å². The monoisotopic (exact) mass is 356 g/mol. The van der Waals surface area contributed by atoms with Gasteiger partial charge in [-0.2, -0.15) is 0 Å². The number of rotatable bonds is 17. The second-order valence-corrected chi connectivity index (χ2v) is 7.06. The van der Waals surface area contributed by atoms with Crippen molar-refractivity contribution in [3.05, 3.63) is 0 Å². The number of hydrogen-bond donors (Lipinski definition) is 2. The normalized spacial score (nSPS) is 12.2. The molecule has 0 rings (SSSR count). The maximum Gasteiger partial charge on any atom is 0.208 e. The fourth-order valence-electron chi connectivity index (χ4n) is 1.48. The van der Waals surface area contributed by atoms with E-state index in [4.69, 9.17) is 18.9 Å². The molecular weight excluding hydrogens is 324 g/mol. The van der Waals surface area contributed by atoms with E-state index in [0.717, 1.165) is 12.8 Å². The lowest BCUT2D eigenvalue weighted by molar-refractivity contribution is -0.000902. The van der Waals surface area contributed by atoms with Gasteiger partial charge in [0.15, 0.2) is 0 Å². The highest BCUT2D eigenvalue weighted by Crippen LogP contribution is 1.83. The van der Waals surface area contributed by atoms with E-state index in [1.54, 1.807) is 0 Å². The third kappa shape index (κ3) is 21.7. The van der Waals surface area contributed by atoms with E-state index in [0.29, 0.717) is 58.9 Å². The molecule has 0 aromatic heterocycles. The number of nitrogens with one attached hydrogen (secondary N) is 2. The Kier molecular flexibility index (Phi) is 15.1. The van der Waals surface area contributed by atoms with Crippen molar-refractivity contribution in [2.24, 2.45) is 0 Å². The molecule has 0 atom stereocenters. The first-order chi connectivity index (χ1) is 10.9. The highest BCUT2D eigenvalue weighted by molar-refractivity contribution is 7.88. The van der Waals surface area contributed by atoms with Gasteiger partial charge in [-0.25, -0.2) is 13.1 Å². The van der Waals surface area contributed by atoms with E-state index in [1.165, 1.54) is 0 Å². The fourth-order valence-corrected chi connectivity index (χ4v) is 1.93. The molecule has 0 aromatic rings. The molecule has 0 radical (unpaired) electrons. The summed E-state index contributed by atoms with van der Waals surface area (Å²) in [6.07, 6.45) is 1.11. The van der Waals surface area contributed by atoms with Gasteiger partial charge in [-0.15, -0.1) is 0 Å². The Hall–Kier alpha value is -0.290. The van der Waals surface area contributed by atoms with Crippen LogP contribution in [0.5, 0.6) is 0 Å².